The fourth-order valence-electron chi connectivity index (χ4n) is 2.87. The maximum absolute atomic E-state index is 12.8. The van der Waals surface area contributed by atoms with Crippen LogP contribution in [0, 0.1) is 6.92 Å². The van der Waals surface area contributed by atoms with Crippen molar-refractivity contribution in [2.24, 2.45) is 0 Å². The molecule has 28 heavy (non-hydrogen) atoms. The number of aryl methyl sites for hydroxylation is 1. The van der Waals surface area contributed by atoms with Gasteiger partial charge in [0.1, 0.15) is 5.75 Å². The summed E-state index contributed by atoms with van der Waals surface area (Å²) < 4.78 is 37.6. The van der Waals surface area contributed by atoms with Crippen LogP contribution in [-0.4, -0.2) is 51.2 Å². The molecule has 0 aromatic heterocycles. The number of hydrogen-bond acceptors (Lipinski definition) is 5. The molecular formula is C19H23N3O4S2. The lowest BCUT2D eigenvalue weighted by Crippen LogP contribution is -2.40. The van der Waals surface area contributed by atoms with E-state index in [-0.39, 0.29) is 4.90 Å². The number of benzene rings is 2. The number of nitrogens with one attached hydrogen (secondary N) is 2. The predicted octanol–water partition coefficient (Wildman–Crippen LogP) is 2.83. The van der Waals surface area contributed by atoms with Crippen molar-refractivity contribution in [3.05, 3.63) is 48.0 Å². The molecule has 1 saturated heterocycles. The molecule has 7 nitrogen and oxygen atoms in total. The van der Waals surface area contributed by atoms with Gasteiger partial charge in [-0.15, -0.1) is 0 Å². The first-order chi connectivity index (χ1) is 13.4. The van der Waals surface area contributed by atoms with Gasteiger partial charge in [-0.2, -0.15) is 4.31 Å². The van der Waals surface area contributed by atoms with E-state index < -0.39 is 10.0 Å². The second kappa shape index (κ2) is 8.87. The van der Waals surface area contributed by atoms with Gasteiger partial charge in [-0.3, -0.25) is 0 Å². The molecular weight excluding hydrogens is 398 g/mol. The van der Waals surface area contributed by atoms with E-state index in [9.17, 15) is 8.42 Å². The van der Waals surface area contributed by atoms with Gasteiger partial charge in [0, 0.05) is 18.8 Å². The van der Waals surface area contributed by atoms with E-state index in [1.165, 1.54) is 4.31 Å². The van der Waals surface area contributed by atoms with Crippen LogP contribution in [0.4, 0.5) is 11.4 Å². The fraction of sp³-hybridized carbons (Fsp3) is 0.316. The van der Waals surface area contributed by atoms with Gasteiger partial charge < -0.3 is 20.1 Å². The summed E-state index contributed by atoms with van der Waals surface area (Å²) in [4.78, 5) is 0.218. The standard InChI is InChI=1S/C19H23N3O4S2/c1-14-6-7-18(25-2)17(12-14)21-19(27)20-15-4-3-5-16(13-15)28(23,24)22-8-10-26-11-9-22/h3-7,12-13H,8-11H2,1-2H3,(H2,20,21,27). The molecule has 0 unspecified atom stereocenters. The van der Waals surface area contributed by atoms with Gasteiger partial charge in [-0.05, 0) is 55.0 Å². The number of sulfonamides is 1. The summed E-state index contributed by atoms with van der Waals surface area (Å²) in [6.07, 6.45) is 0. The lowest BCUT2D eigenvalue weighted by molar-refractivity contribution is 0.0730. The highest BCUT2D eigenvalue weighted by Gasteiger charge is 2.26. The lowest BCUT2D eigenvalue weighted by Gasteiger charge is -2.26. The van der Waals surface area contributed by atoms with Crippen molar-refractivity contribution in [2.45, 2.75) is 11.8 Å². The number of anilines is 2. The number of thiocarbonyl (C=S) groups is 1. The Hall–Kier alpha value is -2.20. The van der Waals surface area contributed by atoms with Crippen molar-refractivity contribution >= 4 is 38.7 Å². The summed E-state index contributed by atoms with van der Waals surface area (Å²) in [6.45, 7) is 3.49. The van der Waals surface area contributed by atoms with E-state index in [0.717, 1.165) is 11.3 Å². The molecule has 9 heteroatoms. The highest BCUT2D eigenvalue weighted by Crippen LogP contribution is 2.26. The number of rotatable bonds is 5. The first kappa shape index (κ1) is 20.5. The van der Waals surface area contributed by atoms with Crippen molar-refractivity contribution in [1.29, 1.82) is 0 Å². The molecule has 3 rings (SSSR count). The molecule has 0 atom stereocenters. The average Bonchev–Trinajstić information content (AvgIpc) is 2.69. The number of methoxy groups -OCH3 is 1. The summed E-state index contributed by atoms with van der Waals surface area (Å²) in [5.41, 5.74) is 2.38. The van der Waals surface area contributed by atoms with E-state index in [0.29, 0.717) is 42.9 Å². The Bertz CT molecular complexity index is 957. The third-order valence-corrected chi connectivity index (χ3v) is 6.40. The van der Waals surface area contributed by atoms with Crippen LogP contribution in [0.3, 0.4) is 0 Å². The third-order valence-electron chi connectivity index (χ3n) is 4.30. The van der Waals surface area contributed by atoms with Crippen LogP contribution in [0.2, 0.25) is 0 Å². The van der Waals surface area contributed by atoms with E-state index >= 15 is 0 Å². The van der Waals surface area contributed by atoms with E-state index in [1.54, 1.807) is 31.4 Å². The zero-order chi connectivity index (χ0) is 20.1. The van der Waals surface area contributed by atoms with Crippen molar-refractivity contribution < 1.29 is 17.9 Å². The summed E-state index contributed by atoms with van der Waals surface area (Å²) in [7, 11) is -1.98. The Kier molecular flexibility index (Phi) is 6.50. The van der Waals surface area contributed by atoms with Crippen molar-refractivity contribution in [3.63, 3.8) is 0 Å². The highest BCUT2D eigenvalue weighted by atomic mass is 32.2. The third kappa shape index (κ3) is 4.79. The van der Waals surface area contributed by atoms with Gasteiger partial charge >= 0.3 is 0 Å². The first-order valence-corrected chi connectivity index (χ1v) is 10.7. The van der Waals surface area contributed by atoms with Crippen molar-refractivity contribution in [1.82, 2.24) is 4.31 Å². The van der Waals surface area contributed by atoms with Gasteiger partial charge in [0.25, 0.3) is 0 Å². The minimum atomic E-state index is -3.57. The van der Waals surface area contributed by atoms with Crippen LogP contribution >= 0.6 is 12.2 Å². The van der Waals surface area contributed by atoms with Gasteiger partial charge in [-0.25, -0.2) is 8.42 Å². The maximum Gasteiger partial charge on any atom is 0.243 e. The molecule has 0 amide bonds. The van der Waals surface area contributed by atoms with Gasteiger partial charge in [-0.1, -0.05) is 12.1 Å². The maximum atomic E-state index is 12.8. The smallest absolute Gasteiger partial charge is 0.243 e. The molecule has 1 fully saturated rings. The Morgan fingerprint density at radius 2 is 1.89 bits per heavy atom. The van der Waals surface area contributed by atoms with E-state index in [4.69, 9.17) is 21.7 Å². The SMILES string of the molecule is COc1ccc(C)cc1NC(=S)Nc1cccc(S(=O)(=O)N2CCOCC2)c1. The Balaban J connectivity index is 1.74. The minimum absolute atomic E-state index is 0.218. The summed E-state index contributed by atoms with van der Waals surface area (Å²) in [6, 6.07) is 12.3. The second-order valence-corrected chi connectivity index (χ2v) is 8.67. The molecule has 1 heterocycles. The molecule has 2 N–H and O–H groups in total. The van der Waals surface area contributed by atoms with Gasteiger partial charge in [0.2, 0.25) is 10.0 Å². The number of nitrogens with zero attached hydrogens (tertiary/aromatic N) is 1. The van der Waals surface area contributed by atoms with Crippen molar-refractivity contribution in [2.75, 3.05) is 44.0 Å². The zero-order valence-corrected chi connectivity index (χ0v) is 17.4. The van der Waals surface area contributed by atoms with E-state index in [1.807, 2.05) is 25.1 Å². The Labute approximate surface area is 170 Å². The normalized spacial score (nSPS) is 15.1. The summed E-state index contributed by atoms with van der Waals surface area (Å²) >= 11 is 5.38. The minimum Gasteiger partial charge on any atom is -0.495 e. The predicted molar refractivity (Wildman–Crippen MR) is 114 cm³/mol. The number of morpholine rings is 1. The largest absolute Gasteiger partial charge is 0.495 e. The molecule has 0 spiro atoms. The Morgan fingerprint density at radius 1 is 1.14 bits per heavy atom. The lowest BCUT2D eigenvalue weighted by atomic mass is 10.2. The van der Waals surface area contributed by atoms with Crippen LogP contribution in [0.1, 0.15) is 5.56 Å². The molecule has 1 aliphatic rings. The molecule has 0 radical (unpaired) electrons. The fourth-order valence-corrected chi connectivity index (χ4v) is 4.56. The van der Waals surface area contributed by atoms with Crippen LogP contribution < -0.4 is 15.4 Å². The van der Waals surface area contributed by atoms with Crippen molar-refractivity contribution in [3.8, 4) is 5.75 Å². The van der Waals surface area contributed by atoms with Crippen LogP contribution in [0.5, 0.6) is 5.75 Å². The average molecular weight is 422 g/mol. The molecule has 2 aromatic carbocycles. The van der Waals surface area contributed by atoms with E-state index in [2.05, 4.69) is 10.6 Å². The summed E-state index contributed by atoms with van der Waals surface area (Å²) in [5.74, 6) is 0.665. The second-order valence-electron chi connectivity index (χ2n) is 6.33. The number of ether oxygens (including phenoxy) is 2. The molecule has 150 valence electrons. The first-order valence-electron chi connectivity index (χ1n) is 8.81. The quantitative estimate of drug-likeness (QED) is 0.719. The molecule has 1 aliphatic heterocycles. The Morgan fingerprint density at radius 3 is 2.61 bits per heavy atom. The van der Waals surface area contributed by atoms with Gasteiger partial charge in [0.15, 0.2) is 5.11 Å². The number of hydrogen-bond donors (Lipinski definition) is 2. The molecule has 0 bridgehead atoms. The topological polar surface area (TPSA) is 79.9 Å². The molecule has 0 aliphatic carbocycles. The zero-order valence-electron chi connectivity index (χ0n) is 15.8. The van der Waals surface area contributed by atoms with Crippen LogP contribution in [0.15, 0.2) is 47.4 Å². The summed E-state index contributed by atoms with van der Waals surface area (Å²) in [5, 5.41) is 6.46. The molecule has 2 aromatic rings. The van der Waals surface area contributed by atoms with Crippen LogP contribution in [0.25, 0.3) is 0 Å². The van der Waals surface area contributed by atoms with Gasteiger partial charge in [0.05, 0.1) is 30.9 Å². The molecule has 0 saturated carbocycles. The van der Waals surface area contributed by atoms with Crippen LogP contribution in [-0.2, 0) is 14.8 Å². The monoisotopic (exact) mass is 421 g/mol. The highest BCUT2D eigenvalue weighted by molar-refractivity contribution is 7.89.